The minimum atomic E-state index is -0.263. The van der Waals surface area contributed by atoms with E-state index in [1.807, 2.05) is 60.1 Å². The van der Waals surface area contributed by atoms with Gasteiger partial charge in [-0.1, -0.05) is 42.5 Å². The van der Waals surface area contributed by atoms with Crippen molar-refractivity contribution in [1.29, 1.82) is 0 Å². The minimum absolute atomic E-state index is 0.263. The van der Waals surface area contributed by atoms with E-state index in [2.05, 4.69) is 26.3 Å². The highest BCUT2D eigenvalue weighted by atomic mass is 32.1. The molecule has 0 atom stereocenters. The van der Waals surface area contributed by atoms with E-state index in [0.29, 0.717) is 10.8 Å². The van der Waals surface area contributed by atoms with E-state index in [4.69, 9.17) is 0 Å². The molecule has 3 aromatic heterocycles. The van der Waals surface area contributed by atoms with Crippen molar-refractivity contribution in [3.05, 3.63) is 77.9 Å². The van der Waals surface area contributed by atoms with E-state index in [1.54, 1.807) is 6.07 Å². The predicted molar refractivity (Wildman–Crippen MR) is 109 cm³/mol. The highest BCUT2D eigenvalue weighted by Gasteiger charge is 2.13. The molecule has 5 aromatic rings. The molecule has 2 N–H and O–H groups in total. The molecule has 130 valence electrons. The van der Waals surface area contributed by atoms with E-state index in [9.17, 15) is 4.79 Å². The molecule has 0 aliphatic carbocycles. The molecule has 0 fully saturated rings. The fraction of sp³-hybridized carbons (Fsp3) is 0. The Morgan fingerprint density at radius 2 is 1.81 bits per heavy atom. The quantitative estimate of drug-likeness (QED) is 0.465. The lowest BCUT2D eigenvalue weighted by atomic mass is 10.1. The summed E-state index contributed by atoms with van der Waals surface area (Å²) in [4.78, 5) is 24.8. The third-order valence-electron chi connectivity index (χ3n) is 4.42. The Morgan fingerprint density at radius 1 is 0.963 bits per heavy atom. The number of para-hydroxylation sites is 2. The molecule has 27 heavy (non-hydrogen) atoms. The van der Waals surface area contributed by atoms with Crippen LogP contribution >= 0.6 is 11.3 Å². The fourth-order valence-corrected chi connectivity index (χ4v) is 3.80. The first-order valence-corrected chi connectivity index (χ1v) is 9.35. The summed E-state index contributed by atoms with van der Waals surface area (Å²) in [6.45, 7) is 0. The SMILES string of the molecule is O=C(Nc1nc(-c2c[nH]c3ccccc23)cs1)c1ccc2ccccc2n1. The number of H-pyrrole nitrogens is 1. The average Bonchev–Trinajstić information content (AvgIpc) is 3.34. The van der Waals surface area contributed by atoms with Crippen molar-refractivity contribution in [1.82, 2.24) is 15.0 Å². The average molecular weight is 370 g/mol. The van der Waals surface area contributed by atoms with Gasteiger partial charge >= 0.3 is 0 Å². The van der Waals surface area contributed by atoms with Crippen LogP contribution in [0, 0.1) is 0 Å². The largest absolute Gasteiger partial charge is 0.360 e. The normalized spacial score (nSPS) is 11.1. The van der Waals surface area contributed by atoms with Crippen LogP contribution in [0.15, 0.2) is 72.2 Å². The summed E-state index contributed by atoms with van der Waals surface area (Å²) < 4.78 is 0. The molecule has 0 saturated heterocycles. The molecule has 0 aliphatic rings. The van der Waals surface area contributed by atoms with Crippen LogP contribution < -0.4 is 5.32 Å². The second-order valence-corrected chi connectivity index (χ2v) is 6.99. The smallest absolute Gasteiger partial charge is 0.276 e. The van der Waals surface area contributed by atoms with E-state index in [1.165, 1.54) is 11.3 Å². The zero-order valence-corrected chi connectivity index (χ0v) is 15.0. The number of fused-ring (bicyclic) bond motifs is 2. The van der Waals surface area contributed by atoms with Gasteiger partial charge in [0.05, 0.1) is 11.2 Å². The van der Waals surface area contributed by atoms with Crippen LogP contribution in [0.25, 0.3) is 33.1 Å². The van der Waals surface area contributed by atoms with Crippen molar-refractivity contribution >= 4 is 44.2 Å². The third-order valence-corrected chi connectivity index (χ3v) is 5.18. The molecule has 0 bridgehead atoms. The minimum Gasteiger partial charge on any atom is -0.360 e. The summed E-state index contributed by atoms with van der Waals surface area (Å²) >= 11 is 1.40. The fourth-order valence-electron chi connectivity index (χ4n) is 3.09. The lowest BCUT2D eigenvalue weighted by Crippen LogP contribution is -2.13. The molecular formula is C21H14N4OS. The molecule has 5 rings (SSSR count). The number of nitrogens with zero attached hydrogens (tertiary/aromatic N) is 2. The maximum atomic E-state index is 12.6. The van der Waals surface area contributed by atoms with Crippen LogP contribution in [0.2, 0.25) is 0 Å². The molecule has 0 unspecified atom stereocenters. The van der Waals surface area contributed by atoms with E-state index >= 15 is 0 Å². The summed E-state index contributed by atoms with van der Waals surface area (Å²) in [5.74, 6) is -0.263. The second-order valence-electron chi connectivity index (χ2n) is 6.13. The molecular weight excluding hydrogens is 356 g/mol. The number of aromatic nitrogens is 3. The topological polar surface area (TPSA) is 70.7 Å². The number of aromatic amines is 1. The van der Waals surface area contributed by atoms with Crippen molar-refractivity contribution in [3.8, 4) is 11.3 Å². The van der Waals surface area contributed by atoms with Crippen LogP contribution in [0.5, 0.6) is 0 Å². The molecule has 1 amide bonds. The number of carbonyl (C=O) groups excluding carboxylic acids is 1. The number of pyridine rings is 1. The molecule has 6 heteroatoms. The molecule has 5 nitrogen and oxygen atoms in total. The van der Waals surface area contributed by atoms with Crippen molar-refractivity contribution in [2.45, 2.75) is 0 Å². The summed E-state index contributed by atoms with van der Waals surface area (Å²) in [6.07, 6.45) is 1.94. The summed E-state index contributed by atoms with van der Waals surface area (Å²) in [6, 6.07) is 19.4. The number of anilines is 1. The summed E-state index contributed by atoms with van der Waals surface area (Å²) in [7, 11) is 0. The lowest BCUT2D eigenvalue weighted by molar-refractivity contribution is 0.102. The zero-order valence-electron chi connectivity index (χ0n) is 14.1. The Kier molecular flexibility index (Phi) is 3.69. The van der Waals surface area contributed by atoms with Crippen molar-refractivity contribution in [2.24, 2.45) is 0 Å². The first-order chi connectivity index (χ1) is 13.3. The molecule has 0 saturated carbocycles. The van der Waals surface area contributed by atoms with E-state index in [0.717, 1.165) is 33.1 Å². The van der Waals surface area contributed by atoms with Crippen LogP contribution in [0.3, 0.4) is 0 Å². The van der Waals surface area contributed by atoms with Gasteiger partial charge in [0.15, 0.2) is 5.13 Å². The van der Waals surface area contributed by atoms with E-state index in [-0.39, 0.29) is 5.91 Å². The Hall–Kier alpha value is -3.51. The van der Waals surface area contributed by atoms with Crippen LogP contribution in [-0.2, 0) is 0 Å². The molecule has 0 radical (unpaired) electrons. The number of carbonyl (C=O) groups is 1. The standard InChI is InChI=1S/C21H14N4OS/c26-20(18-10-9-13-5-1-3-7-16(13)23-18)25-21-24-19(12-27-21)15-11-22-17-8-4-2-6-14(15)17/h1-12,22H,(H,24,25,26). The monoisotopic (exact) mass is 370 g/mol. The van der Waals surface area contributed by atoms with Gasteiger partial charge in [-0.25, -0.2) is 9.97 Å². The summed E-state index contributed by atoms with van der Waals surface area (Å²) in [5, 5.41) is 7.46. The lowest BCUT2D eigenvalue weighted by Gasteiger charge is -2.03. The number of amides is 1. The maximum Gasteiger partial charge on any atom is 0.276 e. The molecule has 3 heterocycles. The Bertz CT molecular complexity index is 1290. The molecule has 0 spiro atoms. The van der Waals surface area contributed by atoms with Gasteiger partial charge in [0.25, 0.3) is 5.91 Å². The number of thiazole rings is 1. The van der Waals surface area contributed by atoms with Gasteiger partial charge in [0, 0.05) is 33.4 Å². The maximum absolute atomic E-state index is 12.6. The first-order valence-electron chi connectivity index (χ1n) is 8.47. The highest BCUT2D eigenvalue weighted by Crippen LogP contribution is 2.31. The zero-order chi connectivity index (χ0) is 18.2. The van der Waals surface area contributed by atoms with E-state index < -0.39 is 0 Å². The number of hydrogen-bond acceptors (Lipinski definition) is 4. The van der Waals surface area contributed by atoms with Crippen molar-refractivity contribution in [2.75, 3.05) is 5.32 Å². The Balaban J connectivity index is 1.42. The Morgan fingerprint density at radius 3 is 2.78 bits per heavy atom. The van der Waals surface area contributed by atoms with Gasteiger partial charge in [-0.15, -0.1) is 11.3 Å². The summed E-state index contributed by atoms with van der Waals surface area (Å²) in [5.41, 5.74) is 4.08. The van der Waals surface area contributed by atoms with Gasteiger partial charge in [-0.3, -0.25) is 10.1 Å². The number of benzene rings is 2. The van der Waals surface area contributed by atoms with Gasteiger partial charge < -0.3 is 4.98 Å². The van der Waals surface area contributed by atoms with Gasteiger partial charge in [0.2, 0.25) is 0 Å². The predicted octanol–water partition coefficient (Wildman–Crippen LogP) is 5.09. The Labute approximate surface area is 158 Å². The van der Waals surface area contributed by atoms with Crippen LogP contribution in [0.4, 0.5) is 5.13 Å². The third kappa shape index (κ3) is 2.86. The van der Waals surface area contributed by atoms with Gasteiger partial charge in [-0.2, -0.15) is 0 Å². The van der Waals surface area contributed by atoms with Gasteiger partial charge in [-0.05, 0) is 18.2 Å². The number of rotatable bonds is 3. The first kappa shape index (κ1) is 15.7. The highest BCUT2D eigenvalue weighted by molar-refractivity contribution is 7.14. The van der Waals surface area contributed by atoms with Crippen molar-refractivity contribution in [3.63, 3.8) is 0 Å². The van der Waals surface area contributed by atoms with Gasteiger partial charge in [0.1, 0.15) is 5.69 Å². The van der Waals surface area contributed by atoms with Crippen LogP contribution in [0.1, 0.15) is 10.5 Å². The second kappa shape index (κ2) is 6.34. The molecule has 0 aliphatic heterocycles. The number of nitrogens with one attached hydrogen (secondary N) is 2. The molecule has 2 aromatic carbocycles. The van der Waals surface area contributed by atoms with Crippen LogP contribution in [-0.4, -0.2) is 20.9 Å². The van der Waals surface area contributed by atoms with Crippen molar-refractivity contribution < 1.29 is 4.79 Å². The number of hydrogen-bond donors (Lipinski definition) is 2.